The number of hydrogen-bond acceptors (Lipinski definition) is 2. The summed E-state index contributed by atoms with van der Waals surface area (Å²) < 4.78 is 4.89. The Morgan fingerprint density at radius 1 is 1.40 bits per heavy atom. The normalized spacial score (nSPS) is 12.6. The Kier molecular flexibility index (Phi) is 8.09. The van der Waals surface area contributed by atoms with Gasteiger partial charge in [0.2, 0.25) is 0 Å². The second-order valence-electron chi connectivity index (χ2n) is 4.01. The van der Waals surface area contributed by atoms with Gasteiger partial charge in [0.25, 0.3) is 0 Å². The van der Waals surface area contributed by atoms with Crippen molar-refractivity contribution in [2.24, 2.45) is 5.92 Å². The van der Waals surface area contributed by atoms with E-state index in [1.54, 1.807) is 7.11 Å². The van der Waals surface area contributed by atoms with Crippen molar-refractivity contribution in [1.29, 1.82) is 0 Å². The van der Waals surface area contributed by atoms with Crippen molar-refractivity contribution in [3.8, 4) is 0 Å². The highest BCUT2D eigenvalue weighted by atomic mass is 16.5. The van der Waals surface area contributed by atoms with Crippen LogP contribution >= 0.6 is 0 Å². The van der Waals surface area contributed by atoms with E-state index in [2.05, 4.69) is 31.4 Å². The molecule has 0 bridgehead atoms. The SMILES string of the molecule is CCC(NC(=O)NCCCOC)C(C)C. The Morgan fingerprint density at radius 3 is 2.53 bits per heavy atom. The van der Waals surface area contributed by atoms with Crippen LogP contribution in [0.2, 0.25) is 0 Å². The van der Waals surface area contributed by atoms with Crippen LogP contribution in [0.1, 0.15) is 33.6 Å². The molecule has 15 heavy (non-hydrogen) atoms. The fourth-order valence-electron chi connectivity index (χ4n) is 1.38. The van der Waals surface area contributed by atoms with Crippen LogP contribution in [0.5, 0.6) is 0 Å². The molecule has 0 fully saturated rings. The second-order valence-corrected chi connectivity index (χ2v) is 4.01. The number of urea groups is 1. The largest absolute Gasteiger partial charge is 0.385 e. The van der Waals surface area contributed by atoms with Gasteiger partial charge in [-0.1, -0.05) is 20.8 Å². The van der Waals surface area contributed by atoms with E-state index in [1.807, 2.05) is 0 Å². The lowest BCUT2D eigenvalue weighted by molar-refractivity contribution is 0.193. The first-order valence-corrected chi connectivity index (χ1v) is 5.65. The first-order chi connectivity index (χ1) is 7.11. The molecule has 0 saturated carbocycles. The Hall–Kier alpha value is -0.770. The number of carbonyl (C=O) groups excluding carboxylic acids is 1. The van der Waals surface area contributed by atoms with Gasteiger partial charge in [-0.3, -0.25) is 0 Å². The van der Waals surface area contributed by atoms with Crippen molar-refractivity contribution < 1.29 is 9.53 Å². The van der Waals surface area contributed by atoms with E-state index < -0.39 is 0 Å². The third kappa shape index (κ3) is 7.19. The Bertz CT molecular complexity index is 172. The summed E-state index contributed by atoms with van der Waals surface area (Å²) in [5, 5.41) is 5.76. The minimum absolute atomic E-state index is 0.0772. The zero-order valence-electron chi connectivity index (χ0n) is 10.3. The third-order valence-electron chi connectivity index (χ3n) is 2.37. The monoisotopic (exact) mass is 216 g/mol. The molecule has 0 rings (SSSR count). The van der Waals surface area contributed by atoms with Gasteiger partial charge in [-0.2, -0.15) is 0 Å². The first-order valence-electron chi connectivity index (χ1n) is 5.65. The summed E-state index contributed by atoms with van der Waals surface area (Å²) in [6, 6.07) is 0.180. The van der Waals surface area contributed by atoms with E-state index in [0.29, 0.717) is 19.1 Å². The molecule has 4 heteroatoms. The van der Waals surface area contributed by atoms with Crippen LogP contribution in [0, 0.1) is 5.92 Å². The third-order valence-corrected chi connectivity index (χ3v) is 2.37. The minimum atomic E-state index is -0.0772. The highest BCUT2D eigenvalue weighted by Crippen LogP contribution is 2.04. The van der Waals surface area contributed by atoms with Crippen molar-refractivity contribution in [2.45, 2.75) is 39.7 Å². The molecule has 0 heterocycles. The lowest BCUT2D eigenvalue weighted by Gasteiger charge is -2.20. The molecule has 0 aromatic heterocycles. The standard InChI is InChI=1S/C11H24N2O2/c1-5-10(9(2)3)13-11(14)12-7-6-8-15-4/h9-10H,5-8H2,1-4H3,(H2,12,13,14). The second kappa shape index (κ2) is 8.53. The van der Waals surface area contributed by atoms with Gasteiger partial charge in [0.1, 0.15) is 0 Å². The number of amides is 2. The predicted molar refractivity (Wildman–Crippen MR) is 61.9 cm³/mol. The smallest absolute Gasteiger partial charge is 0.315 e. The van der Waals surface area contributed by atoms with E-state index in [9.17, 15) is 4.79 Å². The van der Waals surface area contributed by atoms with E-state index >= 15 is 0 Å². The highest BCUT2D eigenvalue weighted by molar-refractivity contribution is 5.74. The molecule has 1 atom stereocenters. The number of methoxy groups -OCH3 is 1. The molecule has 0 spiro atoms. The van der Waals surface area contributed by atoms with Gasteiger partial charge < -0.3 is 15.4 Å². The van der Waals surface area contributed by atoms with Crippen molar-refractivity contribution in [3.63, 3.8) is 0 Å². The van der Waals surface area contributed by atoms with Crippen LogP contribution in [-0.2, 0) is 4.74 Å². The van der Waals surface area contributed by atoms with Crippen LogP contribution in [0.15, 0.2) is 0 Å². The summed E-state index contributed by atoms with van der Waals surface area (Å²) in [7, 11) is 1.66. The molecular formula is C11H24N2O2. The molecule has 0 aliphatic carbocycles. The van der Waals surface area contributed by atoms with E-state index in [0.717, 1.165) is 12.8 Å². The molecule has 4 nitrogen and oxygen atoms in total. The van der Waals surface area contributed by atoms with Gasteiger partial charge in [-0.25, -0.2) is 4.79 Å². The van der Waals surface area contributed by atoms with Gasteiger partial charge in [-0.05, 0) is 18.8 Å². The summed E-state index contributed by atoms with van der Waals surface area (Å²) in [6.07, 6.45) is 1.81. The Morgan fingerprint density at radius 2 is 2.07 bits per heavy atom. The number of carbonyl (C=O) groups is 1. The van der Waals surface area contributed by atoms with Crippen LogP contribution in [0.25, 0.3) is 0 Å². The lowest BCUT2D eigenvalue weighted by atomic mass is 10.0. The number of hydrogen-bond donors (Lipinski definition) is 2. The maximum atomic E-state index is 11.4. The number of nitrogens with one attached hydrogen (secondary N) is 2. The van der Waals surface area contributed by atoms with Crippen molar-refractivity contribution in [2.75, 3.05) is 20.3 Å². The molecular weight excluding hydrogens is 192 g/mol. The molecule has 0 aliphatic rings. The molecule has 2 amide bonds. The molecule has 0 aromatic carbocycles. The molecule has 0 radical (unpaired) electrons. The number of rotatable bonds is 7. The lowest BCUT2D eigenvalue weighted by Crippen LogP contribution is -2.44. The van der Waals surface area contributed by atoms with Gasteiger partial charge >= 0.3 is 6.03 Å². The van der Waals surface area contributed by atoms with Gasteiger partial charge in [-0.15, -0.1) is 0 Å². The predicted octanol–water partition coefficient (Wildman–Crippen LogP) is 1.76. The summed E-state index contributed by atoms with van der Waals surface area (Å²) in [4.78, 5) is 11.4. The fraction of sp³-hybridized carbons (Fsp3) is 0.909. The average molecular weight is 216 g/mol. The van der Waals surface area contributed by atoms with Crippen LogP contribution in [0.4, 0.5) is 4.79 Å². The average Bonchev–Trinajstić information content (AvgIpc) is 2.20. The summed E-state index contributed by atoms with van der Waals surface area (Å²) in [6.45, 7) is 7.64. The van der Waals surface area contributed by atoms with Crippen LogP contribution < -0.4 is 10.6 Å². The van der Waals surface area contributed by atoms with Crippen molar-refractivity contribution in [3.05, 3.63) is 0 Å². The molecule has 0 aromatic rings. The van der Waals surface area contributed by atoms with E-state index in [4.69, 9.17) is 4.74 Å². The van der Waals surface area contributed by atoms with Crippen molar-refractivity contribution >= 4 is 6.03 Å². The Balaban J connectivity index is 3.62. The summed E-state index contributed by atoms with van der Waals surface area (Å²) in [5.41, 5.74) is 0. The zero-order valence-corrected chi connectivity index (χ0v) is 10.3. The van der Waals surface area contributed by atoms with Crippen LogP contribution in [0.3, 0.4) is 0 Å². The van der Waals surface area contributed by atoms with Gasteiger partial charge in [0.15, 0.2) is 0 Å². The van der Waals surface area contributed by atoms with Gasteiger partial charge in [0.05, 0.1) is 0 Å². The van der Waals surface area contributed by atoms with E-state index in [1.165, 1.54) is 0 Å². The molecule has 1 unspecified atom stereocenters. The number of ether oxygens (including phenoxy) is 1. The fourth-order valence-corrected chi connectivity index (χ4v) is 1.38. The zero-order chi connectivity index (χ0) is 11.7. The minimum Gasteiger partial charge on any atom is -0.385 e. The summed E-state index contributed by atoms with van der Waals surface area (Å²) in [5.74, 6) is 0.472. The molecule has 0 saturated heterocycles. The topological polar surface area (TPSA) is 50.4 Å². The summed E-state index contributed by atoms with van der Waals surface area (Å²) >= 11 is 0. The molecule has 2 N–H and O–H groups in total. The van der Waals surface area contributed by atoms with Gasteiger partial charge in [0, 0.05) is 26.3 Å². The molecule has 90 valence electrons. The van der Waals surface area contributed by atoms with Crippen molar-refractivity contribution in [1.82, 2.24) is 10.6 Å². The maximum absolute atomic E-state index is 11.4. The highest BCUT2D eigenvalue weighted by Gasteiger charge is 2.12. The Labute approximate surface area is 92.8 Å². The van der Waals surface area contributed by atoms with E-state index in [-0.39, 0.29) is 12.1 Å². The first kappa shape index (κ1) is 14.2. The van der Waals surface area contributed by atoms with Crippen LogP contribution in [-0.4, -0.2) is 32.3 Å². The molecule has 0 aliphatic heterocycles. The quantitative estimate of drug-likeness (QED) is 0.637. The maximum Gasteiger partial charge on any atom is 0.315 e.